The van der Waals surface area contributed by atoms with Gasteiger partial charge in [0.05, 0.1) is 4.90 Å². The summed E-state index contributed by atoms with van der Waals surface area (Å²) >= 11 is 0. The third-order valence-corrected chi connectivity index (χ3v) is 4.14. The summed E-state index contributed by atoms with van der Waals surface area (Å²) in [6.07, 6.45) is 0.496. The summed E-state index contributed by atoms with van der Waals surface area (Å²) in [6, 6.07) is 3.39. The van der Waals surface area contributed by atoms with Crippen molar-refractivity contribution in [2.75, 3.05) is 12.3 Å². The molecule has 0 spiro atoms. The molecule has 0 aromatic heterocycles. The summed E-state index contributed by atoms with van der Waals surface area (Å²) in [5.74, 6) is 5.53. The third-order valence-electron chi connectivity index (χ3n) is 2.55. The van der Waals surface area contributed by atoms with Crippen LogP contribution >= 0.6 is 0 Å². The Bertz CT molecular complexity index is 595. The molecule has 0 saturated heterocycles. The molecular formula is C13H18N2O2S. The standard InChI is InChI=1S/C13H18N2O2S/c1-4-5-6-7-15-18(16,17)13-9-10(2)8-12(14)11(13)3/h8-9,15H,6-7,14H2,1-3H3. The largest absolute Gasteiger partial charge is 0.398 e. The quantitative estimate of drug-likeness (QED) is 0.494. The minimum Gasteiger partial charge on any atom is -0.398 e. The first kappa shape index (κ1) is 14.6. The van der Waals surface area contributed by atoms with E-state index in [0.29, 0.717) is 24.2 Å². The van der Waals surface area contributed by atoms with Crippen molar-refractivity contribution in [3.8, 4) is 11.8 Å². The van der Waals surface area contributed by atoms with Gasteiger partial charge in [-0.05, 0) is 44.0 Å². The Morgan fingerprint density at radius 3 is 2.61 bits per heavy atom. The van der Waals surface area contributed by atoms with Gasteiger partial charge < -0.3 is 5.73 Å². The summed E-state index contributed by atoms with van der Waals surface area (Å²) in [4.78, 5) is 0.240. The number of sulfonamides is 1. The van der Waals surface area contributed by atoms with E-state index in [4.69, 9.17) is 5.73 Å². The van der Waals surface area contributed by atoms with E-state index in [1.807, 2.05) is 6.92 Å². The Kier molecular flexibility index (Phi) is 4.76. The summed E-state index contributed by atoms with van der Waals surface area (Å²) in [5.41, 5.74) is 7.67. The molecule has 5 heteroatoms. The molecule has 0 bridgehead atoms. The van der Waals surface area contributed by atoms with E-state index >= 15 is 0 Å². The Morgan fingerprint density at radius 2 is 2.00 bits per heavy atom. The van der Waals surface area contributed by atoms with Gasteiger partial charge in [-0.2, -0.15) is 0 Å². The second-order valence-electron chi connectivity index (χ2n) is 4.05. The molecule has 1 aromatic carbocycles. The van der Waals surface area contributed by atoms with Crippen LogP contribution in [0.25, 0.3) is 0 Å². The van der Waals surface area contributed by atoms with E-state index in [2.05, 4.69) is 16.6 Å². The van der Waals surface area contributed by atoms with Gasteiger partial charge in [-0.3, -0.25) is 0 Å². The first-order valence-electron chi connectivity index (χ1n) is 5.64. The van der Waals surface area contributed by atoms with Crippen molar-refractivity contribution in [3.63, 3.8) is 0 Å². The fraction of sp³-hybridized carbons (Fsp3) is 0.385. The van der Waals surface area contributed by atoms with Crippen molar-refractivity contribution >= 4 is 15.7 Å². The predicted molar refractivity (Wildman–Crippen MR) is 73.6 cm³/mol. The zero-order chi connectivity index (χ0) is 13.8. The van der Waals surface area contributed by atoms with E-state index in [1.165, 1.54) is 0 Å². The average molecular weight is 266 g/mol. The van der Waals surface area contributed by atoms with Gasteiger partial charge >= 0.3 is 0 Å². The Hall–Kier alpha value is -1.51. The van der Waals surface area contributed by atoms with E-state index in [1.54, 1.807) is 26.0 Å². The summed E-state index contributed by atoms with van der Waals surface area (Å²) in [6.45, 7) is 5.54. The fourth-order valence-electron chi connectivity index (χ4n) is 1.58. The molecule has 18 heavy (non-hydrogen) atoms. The lowest BCUT2D eigenvalue weighted by Gasteiger charge is -2.11. The maximum Gasteiger partial charge on any atom is 0.240 e. The van der Waals surface area contributed by atoms with Crippen LogP contribution in [0.2, 0.25) is 0 Å². The van der Waals surface area contributed by atoms with Crippen molar-refractivity contribution in [1.82, 2.24) is 4.72 Å². The number of hydrogen-bond acceptors (Lipinski definition) is 3. The van der Waals surface area contributed by atoms with Crippen LogP contribution in [0.5, 0.6) is 0 Å². The molecule has 0 aliphatic heterocycles. The number of rotatable bonds is 4. The van der Waals surface area contributed by atoms with E-state index in [0.717, 1.165) is 5.56 Å². The molecule has 0 heterocycles. The number of benzene rings is 1. The van der Waals surface area contributed by atoms with E-state index in [9.17, 15) is 8.42 Å². The van der Waals surface area contributed by atoms with Crippen molar-refractivity contribution in [3.05, 3.63) is 23.3 Å². The smallest absolute Gasteiger partial charge is 0.240 e. The molecule has 3 N–H and O–H groups in total. The highest BCUT2D eigenvalue weighted by molar-refractivity contribution is 7.89. The van der Waals surface area contributed by atoms with Crippen LogP contribution in [-0.2, 0) is 10.0 Å². The monoisotopic (exact) mass is 266 g/mol. The first-order valence-corrected chi connectivity index (χ1v) is 7.13. The maximum atomic E-state index is 12.1. The molecular weight excluding hydrogens is 248 g/mol. The van der Waals surface area contributed by atoms with Gasteiger partial charge in [0.15, 0.2) is 0 Å². The summed E-state index contributed by atoms with van der Waals surface area (Å²) < 4.78 is 26.7. The number of anilines is 1. The van der Waals surface area contributed by atoms with Crippen LogP contribution in [0.4, 0.5) is 5.69 Å². The normalized spacial score (nSPS) is 10.8. The molecule has 0 unspecified atom stereocenters. The molecule has 0 saturated carbocycles. The molecule has 98 valence electrons. The molecule has 0 aliphatic rings. The van der Waals surface area contributed by atoms with Crippen LogP contribution in [0.15, 0.2) is 17.0 Å². The van der Waals surface area contributed by atoms with Crippen LogP contribution in [0.1, 0.15) is 24.5 Å². The van der Waals surface area contributed by atoms with E-state index < -0.39 is 10.0 Å². The molecule has 0 fully saturated rings. The van der Waals surface area contributed by atoms with Crippen LogP contribution < -0.4 is 10.5 Å². The minimum absolute atomic E-state index is 0.240. The van der Waals surface area contributed by atoms with Gasteiger partial charge in [-0.25, -0.2) is 13.1 Å². The number of aryl methyl sites for hydroxylation is 1. The van der Waals surface area contributed by atoms with Gasteiger partial charge in [0, 0.05) is 18.7 Å². The fourth-order valence-corrected chi connectivity index (χ4v) is 2.97. The van der Waals surface area contributed by atoms with Crippen molar-refractivity contribution in [1.29, 1.82) is 0 Å². The molecule has 0 radical (unpaired) electrons. The molecule has 1 aromatic rings. The molecule has 4 nitrogen and oxygen atoms in total. The second-order valence-corrected chi connectivity index (χ2v) is 5.79. The van der Waals surface area contributed by atoms with Crippen molar-refractivity contribution in [2.24, 2.45) is 0 Å². The second kappa shape index (κ2) is 5.89. The van der Waals surface area contributed by atoms with Gasteiger partial charge in [0.2, 0.25) is 10.0 Å². The van der Waals surface area contributed by atoms with Crippen LogP contribution in [0.3, 0.4) is 0 Å². The number of hydrogen-bond donors (Lipinski definition) is 2. The zero-order valence-electron chi connectivity index (χ0n) is 10.9. The zero-order valence-corrected chi connectivity index (χ0v) is 11.7. The van der Waals surface area contributed by atoms with Crippen LogP contribution in [0, 0.1) is 25.7 Å². The lowest BCUT2D eigenvalue weighted by Crippen LogP contribution is -2.25. The Morgan fingerprint density at radius 1 is 1.33 bits per heavy atom. The van der Waals surface area contributed by atoms with Gasteiger partial charge in [0.1, 0.15) is 0 Å². The highest BCUT2D eigenvalue weighted by Crippen LogP contribution is 2.22. The highest BCUT2D eigenvalue weighted by atomic mass is 32.2. The van der Waals surface area contributed by atoms with Crippen molar-refractivity contribution < 1.29 is 8.42 Å². The molecule has 1 rings (SSSR count). The number of nitrogens with two attached hydrogens (primary N) is 1. The van der Waals surface area contributed by atoms with E-state index in [-0.39, 0.29) is 4.90 Å². The average Bonchev–Trinajstić information content (AvgIpc) is 2.29. The van der Waals surface area contributed by atoms with Gasteiger partial charge in [-0.15, -0.1) is 11.8 Å². The van der Waals surface area contributed by atoms with Gasteiger partial charge in [0.25, 0.3) is 0 Å². The topological polar surface area (TPSA) is 72.2 Å². The number of nitrogen functional groups attached to an aromatic ring is 1. The third kappa shape index (κ3) is 3.49. The SMILES string of the molecule is CC#CCCNS(=O)(=O)c1cc(C)cc(N)c1C. The first-order chi connectivity index (χ1) is 8.38. The highest BCUT2D eigenvalue weighted by Gasteiger charge is 2.17. The molecule has 0 amide bonds. The maximum absolute atomic E-state index is 12.1. The Labute approximate surface area is 109 Å². The van der Waals surface area contributed by atoms with Gasteiger partial charge in [-0.1, -0.05) is 0 Å². The van der Waals surface area contributed by atoms with Crippen molar-refractivity contribution in [2.45, 2.75) is 32.1 Å². The number of nitrogens with one attached hydrogen (secondary N) is 1. The predicted octanol–water partition coefficient (Wildman–Crippen LogP) is 1.58. The minimum atomic E-state index is -3.51. The lowest BCUT2D eigenvalue weighted by molar-refractivity contribution is 0.582. The van der Waals surface area contributed by atoms with Crippen LogP contribution in [-0.4, -0.2) is 15.0 Å². The molecule has 0 aliphatic carbocycles. The summed E-state index contributed by atoms with van der Waals surface area (Å²) in [7, 11) is -3.51. The molecule has 0 atom stereocenters. The Balaban J connectivity index is 3.00. The summed E-state index contributed by atoms with van der Waals surface area (Å²) in [5, 5.41) is 0. The lowest BCUT2D eigenvalue weighted by atomic mass is 10.1.